The third kappa shape index (κ3) is 5.89. The highest BCUT2D eigenvalue weighted by molar-refractivity contribution is 7.90. The van der Waals surface area contributed by atoms with Gasteiger partial charge >= 0.3 is 0 Å². The zero-order chi connectivity index (χ0) is 11.3. The predicted octanol–water partition coefficient (Wildman–Crippen LogP) is 0.380. The molecular weight excluding hydrogens is 214 g/mol. The van der Waals surface area contributed by atoms with E-state index in [1.165, 1.54) is 6.26 Å². The molecule has 1 rings (SSSR count). The van der Waals surface area contributed by atoms with Crippen molar-refractivity contribution in [3.63, 3.8) is 0 Å². The lowest BCUT2D eigenvalue weighted by molar-refractivity contribution is -0.119. The van der Waals surface area contributed by atoms with Crippen molar-refractivity contribution in [2.45, 2.75) is 25.7 Å². The Bertz CT molecular complexity index is 305. The number of carbonyl (C=O) groups excluding carboxylic acids is 1. The van der Waals surface area contributed by atoms with E-state index in [2.05, 4.69) is 5.32 Å². The van der Waals surface area contributed by atoms with Crippen molar-refractivity contribution >= 4 is 15.6 Å². The molecule has 1 aliphatic rings. The predicted molar refractivity (Wildman–Crippen MR) is 59.5 cm³/mol. The van der Waals surface area contributed by atoms with Crippen LogP contribution in [-0.4, -0.2) is 39.3 Å². The van der Waals surface area contributed by atoms with Crippen molar-refractivity contribution in [1.82, 2.24) is 5.32 Å². The van der Waals surface area contributed by atoms with Crippen molar-refractivity contribution < 1.29 is 13.2 Å². The van der Waals surface area contributed by atoms with E-state index in [0.29, 0.717) is 25.2 Å². The van der Waals surface area contributed by atoms with Crippen molar-refractivity contribution in [1.29, 1.82) is 0 Å². The zero-order valence-corrected chi connectivity index (χ0v) is 9.98. The fraction of sp³-hybridized carbons (Fsp3) is 0.900. The largest absolute Gasteiger partial charge is 0.316 e. The molecule has 0 spiro atoms. The van der Waals surface area contributed by atoms with Crippen molar-refractivity contribution in [3.05, 3.63) is 0 Å². The molecule has 1 unspecified atom stereocenters. The van der Waals surface area contributed by atoms with Crippen LogP contribution in [0.4, 0.5) is 0 Å². The lowest BCUT2D eigenvalue weighted by atomic mass is 10.00. The van der Waals surface area contributed by atoms with E-state index in [-0.39, 0.29) is 11.5 Å². The van der Waals surface area contributed by atoms with Crippen LogP contribution in [0.5, 0.6) is 0 Å². The molecular formula is C10H19NO3S. The van der Waals surface area contributed by atoms with E-state index in [1.807, 2.05) is 0 Å². The number of Topliss-reactive ketones (excluding diaryl/α,β-unsaturated/α-hetero) is 1. The fourth-order valence-electron chi connectivity index (χ4n) is 1.84. The molecule has 4 nitrogen and oxygen atoms in total. The summed E-state index contributed by atoms with van der Waals surface area (Å²) in [5, 5.41) is 3.21. The standard InChI is InChI=1S/C10H19NO3S/c1-15(13,14)6-2-3-10(12)7-9-4-5-11-8-9/h9,11H,2-8H2,1H3. The summed E-state index contributed by atoms with van der Waals surface area (Å²) in [5.41, 5.74) is 0. The molecule has 88 valence electrons. The van der Waals surface area contributed by atoms with Crippen LogP contribution >= 0.6 is 0 Å². The van der Waals surface area contributed by atoms with Gasteiger partial charge in [0.25, 0.3) is 0 Å². The number of nitrogens with one attached hydrogen (secondary N) is 1. The quantitative estimate of drug-likeness (QED) is 0.720. The molecule has 5 heteroatoms. The first-order valence-corrected chi connectivity index (χ1v) is 7.43. The van der Waals surface area contributed by atoms with E-state index in [1.54, 1.807) is 0 Å². The topological polar surface area (TPSA) is 63.2 Å². The van der Waals surface area contributed by atoms with Crippen LogP contribution in [0, 0.1) is 5.92 Å². The monoisotopic (exact) mass is 233 g/mol. The normalized spacial score (nSPS) is 21.8. The maximum atomic E-state index is 11.5. The Morgan fingerprint density at radius 2 is 2.20 bits per heavy atom. The number of sulfone groups is 1. The lowest BCUT2D eigenvalue weighted by Gasteiger charge is -2.06. The second-order valence-electron chi connectivity index (χ2n) is 4.34. The summed E-state index contributed by atoms with van der Waals surface area (Å²) < 4.78 is 21.7. The highest BCUT2D eigenvalue weighted by atomic mass is 32.2. The van der Waals surface area contributed by atoms with Gasteiger partial charge in [0.15, 0.2) is 0 Å². The van der Waals surface area contributed by atoms with Crippen LogP contribution in [0.2, 0.25) is 0 Å². The van der Waals surface area contributed by atoms with Gasteiger partial charge in [-0.25, -0.2) is 8.42 Å². The van der Waals surface area contributed by atoms with Crippen LogP contribution in [0.3, 0.4) is 0 Å². The Morgan fingerprint density at radius 3 is 2.73 bits per heavy atom. The zero-order valence-electron chi connectivity index (χ0n) is 9.16. The molecule has 1 saturated heterocycles. The molecule has 0 bridgehead atoms. The summed E-state index contributed by atoms with van der Waals surface area (Å²) in [4.78, 5) is 11.5. The Kier molecular flexibility index (Phi) is 4.73. The van der Waals surface area contributed by atoms with E-state index < -0.39 is 9.84 Å². The highest BCUT2D eigenvalue weighted by Crippen LogP contribution is 2.14. The first-order chi connectivity index (χ1) is 6.97. The van der Waals surface area contributed by atoms with Gasteiger partial charge in [0.1, 0.15) is 15.6 Å². The summed E-state index contributed by atoms with van der Waals surface area (Å²) in [6.45, 7) is 1.93. The van der Waals surface area contributed by atoms with Crippen LogP contribution in [-0.2, 0) is 14.6 Å². The molecule has 0 saturated carbocycles. The molecule has 1 fully saturated rings. The number of hydrogen-bond donors (Lipinski definition) is 1. The molecule has 0 aromatic rings. The molecule has 1 atom stereocenters. The van der Waals surface area contributed by atoms with Crippen LogP contribution in [0.15, 0.2) is 0 Å². The van der Waals surface area contributed by atoms with Crippen molar-refractivity contribution in [2.75, 3.05) is 25.1 Å². The maximum Gasteiger partial charge on any atom is 0.147 e. The minimum Gasteiger partial charge on any atom is -0.316 e. The summed E-state index contributed by atoms with van der Waals surface area (Å²) in [7, 11) is -2.91. The van der Waals surface area contributed by atoms with Crippen LogP contribution in [0.25, 0.3) is 0 Å². The summed E-state index contributed by atoms with van der Waals surface area (Å²) in [5.74, 6) is 0.796. The number of hydrogen-bond acceptors (Lipinski definition) is 4. The molecule has 1 aliphatic heterocycles. The number of carbonyl (C=O) groups is 1. The Balaban J connectivity index is 2.13. The molecule has 1 heterocycles. The van der Waals surface area contributed by atoms with Crippen molar-refractivity contribution in [3.8, 4) is 0 Å². The Labute approximate surface area is 91.4 Å². The molecule has 0 aliphatic carbocycles. The lowest BCUT2D eigenvalue weighted by Crippen LogP contribution is -2.13. The summed E-state index contributed by atoms with van der Waals surface area (Å²) >= 11 is 0. The third-order valence-electron chi connectivity index (χ3n) is 2.65. The van der Waals surface area contributed by atoms with Gasteiger partial charge < -0.3 is 5.32 Å². The number of rotatable bonds is 6. The summed E-state index contributed by atoms with van der Waals surface area (Å²) in [6, 6.07) is 0. The molecule has 15 heavy (non-hydrogen) atoms. The Hall–Kier alpha value is -0.420. The first-order valence-electron chi connectivity index (χ1n) is 5.37. The summed E-state index contributed by atoms with van der Waals surface area (Å²) in [6.07, 6.45) is 3.76. The first kappa shape index (κ1) is 12.6. The third-order valence-corrected chi connectivity index (χ3v) is 3.68. The van der Waals surface area contributed by atoms with Crippen LogP contribution < -0.4 is 5.32 Å². The second kappa shape index (κ2) is 5.61. The van der Waals surface area contributed by atoms with Gasteiger partial charge in [-0.15, -0.1) is 0 Å². The van der Waals surface area contributed by atoms with Crippen molar-refractivity contribution in [2.24, 2.45) is 5.92 Å². The molecule has 0 aromatic heterocycles. The van der Waals surface area contributed by atoms with Gasteiger partial charge in [-0.2, -0.15) is 0 Å². The molecule has 0 aromatic carbocycles. The van der Waals surface area contributed by atoms with E-state index in [4.69, 9.17) is 0 Å². The molecule has 0 radical (unpaired) electrons. The number of ketones is 1. The Morgan fingerprint density at radius 1 is 1.47 bits per heavy atom. The van der Waals surface area contributed by atoms with Gasteiger partial charge in [-0.3, -0.25) is 4.79 Å². The van der Waals surface area contributed by atoms with Gasteiger partial charge in [-0.05, 0) is 31.8 Å². The minimum atomic E-state index is -2.91. The maximum absolute atomic E-state index is 11.5. The van der Waals surface area contributed by atoms with Gasteiger partial charge in [-0.1, -0.05) is 0 Å². The van der Waals surface area contributed by atoms with E-state index in [0.717, 1.165) is 19.5 Å². The SMILES string of the molecule is CS(=O)(=O)CCCC(=O)CC1CCNC1. The van der Waals surface area contributed by atoms with E-state index in [9.17, 15) is 13.2 Å². The van der Waals surface area contributed by atoms with Gasteiger partial charge in [0, 0.05) is 19.1 Å². The second-order valence-corrected chi connectivity index (χ2v) is 6.59. The molecule has 0 amide bonds. The average molecular weight is 233 g/mol. The van der Waals surface area contributed by atoms with Crippen LogP contribution in [0.1, 0.15) is 25.7 Å². The molecule has 1 N–H and O–H groups in total. The fourth-order valence-corrected chi connectivity index (χ4v) is 2.51. The average Bonchev–Trinajstić information content (AvgIpc) is 2.54. The van der Waals surface area contributed by atoms with Gasteiger partial charge in [0.2, 0.25) is 0 Å². The van der Waals surface area contributed by atoms with E-state index >= 15 is 0 Å². The van der Waals surface area contributed by atoms with Gasteiger partial charge in [0.05, 0.1) is 5.75 Å². The highest BCUT2D eigenvalue weighted by Gasteiger charge is 2.17. The smallest absolute Gasteiger partial charge is 0.147 e. The minimum absolute atomic E-state index is 0.127.